The predicted molar refractivity (Wildman–Crippen MR) is 30.2 cm³/mol. The molecule has 0 aliphatic rings. The number of hydrogen-bond acceptors (Lipinski definition) is 0. The standard InChI is InChI=1S/C7H3F4.K/c8-6-3-1-2-5(4-6)7(9,10)11;/h1-3H;/q-1;+1. The second-order valence-corrected chi connectivity index (χ2v) is 1.91. The number of alkyl halides is 3. The van der Waals surface area contributed by atoms with Crippen LogP contribution in [-0.4, -0.2) is 0 Å². The molecule has 0 bridgehead atoms. The predicted octanol–water partition coefficient (Wildman–Crippen LogP) is -0.351. The molecule has 0 radical (unpaired) electrons. The van der Waals surface area contributed by atoms with E-state index in [-0.39, 0.29) is 51.4 Å². The van der Waals surface area contributed by atoms with Gasteiger partial charge in [-0.2, -0.15) is 25.3 Å². The summed E-state index contributed by atoms with van der Waals surface area (Å²) in [6, 6.07) is 4.23. The van der Waals surface area contributed by atoms with E-state index in [0.29, 0.717) is 0 Å². The van der Waals surface area contributed by atoms with Gasteiger partial charge in [-0.15, -0.1) is 12.1 Å². The molecular weight excluding hydrogens is 199 g/mol. The van der Waals surface area contributed by atoms with Gasteiger partial charge in [0, 0.05) is 5.82 Å². The third-order valence-corrected chi connectivity index (χ3v) is 1.06. The van der Waals surface area contributed by atoms with Crippen molar-refractivity contribution < 1.29 is 68.9 Å². The van der Waals surface area contributed by atoms with Crippen LogP contribution in [0.3, 0.4) is 0 Å². The number of benzene rings is 1. The van der Waals surface area contributed by atoms with Crippen LogP contribution >= 0.6 is 0 Å². The Balaban J connectivity index is 0.00000121. The van der Waals surface area contributed by atoms with Crippen molar-refractivity contribution in [2.75, 3.05) is 0 Å². The second-order valence-electron chi connectivity index (χ2n) is 1.91. The van der Waals surface area contributed by atoms with E-state index in [1.807, 2.05) is 0 Å². The maximum Gasteiger partial charge on any atom is 1.00 e. The van der Waals surface area contributed by atoms with Crippen LogP contribution in [0.15, 0.2) is 18.2 Å². The molecule has 0 heterocycles. The summed E-state index contributed by atoms with van der Waals surface area (Å²) in [6.45, 7) is 0. The first kappa shape index (κ1) is 12.6. The van der Waals surface area contributed by atoms with E-state index >= 15 is 0 Å². The van der Waals surface area contributed by atoms with Crippen LogP contribution in [0.2, 0.25) is 0 Å². The zero-order valence-corrected chi connectivity index (χ0v) is 9.37. The number of halogens is 4. The Morgan fingerprint density at radius 3 is 2.08 bits per heavy atom. The van der Waals surface area contributed by atoms with Crippen LogP contribution in [0.25, 0.3) is 0 Å². The first-order valence-corrected chi connectivity index (χ1v) is 2.75. The molecule has 0 nitrogen and oxygen atoms in total. The van der Waals surface area contributed by atoms with Crippen LogP contribution in [0.4, 0.5) is 17.6 Å². The molecule has 0 aliphatic carbocycles. The van der Waals surface area contributed by atoms with Crippen LogP contribution in [0.1, 0.15) is 5.56 Å². The van der Waals surface area contributed by atoms with Crippen molar-refractivity contribution in [2.45, 2.75) is 6.18 Å². The topological polar surface area (TPSA) is 0 Å². The van der Waals surface area contributed by atoms with Gasteiger partial charge < -0.3 is 0 Å². The molecule has 60 valence electrons. The average molecular weight is 202 g/mol. The fourth-order valence-electron chi connectivity index (χ4n) is 0.606. The van der Waals surface area contributed by atoms with Gasteiger partial charge >= 0.3 is 57.6 Å². The molecule has 1 aromatic rings. The minimum absolute atomic E-state index is 0. The third-order valence-electron chi connectivity index (χ3n) is 1.06. The summed E-state index contributed by atoms with van der Waals surface area (Å²) in [4.78, 5) is 0. The quantitative estimate of drug-likeness (QED) is 0.306. The minimum Gasteiger partial charge on any atom is -0.236 e. The Morgan fingerprint density at radius 2 is 1.75 bits per heavy atom. The van der Waals surface area contributed by atoms with Gasteiger partial charge in [0.05, 0.1) is 0 Å². The van der Waals surface area contributed by atoms with Crippen LogP contribution in [-0.2, 0) is 6.18 Å². The van der Waals surface area contributed by atoms with Gasteiger partial charge in [-0.25, -0.2) is 4.39 Å². The molecule has 0 spiro atoms. The summed E-state index contributed by atoms with van der Waals surface area (Å²) in [6.07, 6.45) is -4.51. The second kappa shape index (κ2) is 4.71. The van der Waals surface area contributed by atoms with Crippen LogP contribution < -0.4 is 51.4 Å². The minimum atomic E-state index is -4.51. The molecule has 0 atom stereocenters. The molecule has 0 saturated carbocycles. The van der Waals surface area contributed by atoms with Gasteiger partial charge in [-0.1, -0.05) is 5.56 Å². The van der Waals surface area contributed by atoms with Crippen molar-refractivity contribution in [3.63, 3.8) is 0 Å². The molecule has 0 unspecified atom stereocenters. The summed E-state index contributed by atoms with van der Waals surface area (Å²) in [5.74, 6) is -1.00. The monoisotopic (exact) mass is 202 g/mol. The fraction of sp³-hybridized carbons (Fsp3) is 0.143. The molecule has 0 fully saturated rings. The molecule has 0 amide bonds. The summed E-state index contributed by atoms with van der Waals surface area (Å²) >= 11 is 0. The van der Waals surface area contributed by atoms with E-state index in [2.05, 4.69) is 0 Å². The Hall–Kier alpha value is 0.576. The van der Waals surface area contributed by atoms with E-state index in [1.54, 1.807) is 6.07 Å². The van der Waals surface area contributed by atoms with Crippen LogP contribution in [0, 0.1) is 11.9 Å². The third kappa shape index (κ3) is 3.53. The van der Waals surface area contributed by atoms with E-state index in [0.717, 1.165) is 18.2 Å². The summed E-state index contributed by atoms with van der Waals surface area (Å²) < 4.78 is 47.5. The molecule has 0 N–H and O–H groups in total. The summed E-state index contributed by atoms with van der Waals surface area (Å²) in [5, 5.41) is 0. The number of hydrogen-bond donors (Lipinski definition) is 0. The van der Waals surface area contributed by atoms with Crippen LogP contribution in [0.5, 0.6) is 0 Å². The summed E-state index contributed by atoms with van der Waals surface area (Å²) in [5.41, 5.74) is -1.09. The van der Waals surface area contributed by atoms with Gasteiger partial charge in [0.25, 0.3) is 0 Å². The first-order chi connectivity index (χ1) is 5.00. The van der Waals surface area contributed by atoms with E-state index < -0.39 is 17.6 Å². The van der Waals surface area contributed by atoms with Crippen molar-refractivity contribution in [1.82, 2.24) is 0 Å². The Morgan fingerprint density at radius 1 is 1.17 bits per heavy atom. The first-order valence-electron chi connectivity index (χ1n) is 2.75. The maximum atomic E-state index is 12.1. The molecule has 0 aromatic heterocycles. The van der Waals surface area contributed by atoms with E-state index in [4.69, 9.17) is 0 Å². The molecule has 1 rings (SSSR count). The largest absolute Gasteiger partial charge is 1.00 e. The Labute approximate surface area is 109 Å². The van der Waals surface area contributed by atoms with Crippen molar-refractivity contribution in [3.05, 3.63) is 35.6 Å². The smallest absolute Gasteiger partial charge is 0.236 e. The van der Waals surface area contributed by atoms with Crippen molar-refractivity contribution >= 4 is 0 Å². The van der Waals surface area contributed by atoms with Crippen molar-refractivity contribution in [2.24, 2.45) is 0 Å². The Kier molecular flexibility index (Phi) is 4.94. The van der Waals surface area contributed by atoms with Gasteiger partial charge in [-0.3, -0.25) is 0 Å². The van der Waals surface area contributed by atoms with E-state index in [1.165, 1.54) is 0 Å². The zero-order valence-electron chi connectivity index (χ0n) is 6.24. The van der Waals surface area contributed by atoms with E-state index in [9.17, 15) is 17.6 Å². The van der Waals surface area contributed by atoms with Crippen molar-refractivity contribution in [3.8, 4) is 0 Å². The normalized spacial score (nSPS) is 10.7. The fourth-order valence-corrected chi connectivity index (χ4v) is 0.606. The molecule has 0 saturated heterocycles. The molecule has 12 heavy (non-hydrogen) atoms. The molecule has 1 aromatic carbocycles. The molecular formula is C7H3F4K. The van der Waals surface area contributed by atoms with Gasteiger partial charge in [0.15, 0.2) is 0 Å². The maximum absolute atomic E-state index is 12.1. The van der Waals surface area contributed by atoms with Gasteiger partial charge in [0.1, 0.15) is 0 Å². The Bertz CT molecular complexity index is 256. The molecule has 5 heteroatoms. The van der Waals surface area contributed by atoms with Crippen molar-refractivity contribution in [1.29, 1.82) is 0 Å². The molecule has 0 aliphatic heterocycles. The van der Waals surface area contributed by atoms with Gasteiger partial charge in [-0.05, 0) is 0 Å². The average Bonchev–Trinajstić information content (AvgIpc) is 1.86. The van der Waals surface area contributed by atoms with Gasteiger partial charge in [0.2, 0.25) is 0 Å². The zero-order chi connectivity index (χ0) is 8.48. The summed E-state index contributed by atoms with van der Waals surface area (Å²) in [7, 11) is 0. The SMILES string of the molecule is Fc1[c-]c(C(F)(F)F)ccc1.[K+]. The number of rotatable bonds is 0.